The van der Waals surface area contributed by atoms with Crippen LogP contribution in [0.1, 0.15) is 23.8 Å². The first kappa shape index (κ1) is 21.2. The molecule has 0 bridgehead atoms. The van der Waals surface area contributed by atoms with Gasteiger partial charge in [-0.15, -0.1) is 11.3 Å². The van der Waals surface area contributed by atoms with Crippen LogP contribution in [0.4, 0.5) is 0 Å². The van der Waals surface area contributed by atoms with Gasteiger partial charge in [-0.2, -0.15) is 0 Å². The van der Waals surface area contributed by atoms with Crippen LogP contribution in [0.5, 0.6) is 0 Å². The molecular formula is C22H31N5O2S. The van der Waals surface area contributed by atoms with Crippen LogP contribution in [0.15, 0.2) is 24.3 Å². The van der Waals surface area contributed by atoms with E-state index in [2.05, 4.69) is 28.0 Å². The summed E-state index contributed by atoms with van der Waals surface area (Å²) in [6.07, 6.45) is 2.25. The zero-order valence-electron chi connectivity index (χ0n) is 17.9. The van der Waals surface area contributed by atoms with E-state index in [1.807, 2.05) is 11.0 Å². The van der Waals surface area contributed by atoms with Gasteiger partial charge in [0.15, 0.2) is 0 Å². The average Bonchev–Trinajstić information content (AvgIpc) is 3.19. The molecule has 2 aliphatic heterocycles. The molecule has 0 N–H and O–H groups in total. The Morgan fingerprint density at radius 1 is 1.07 bits per heavy atom. The molecule has 0 radical (unpaired) electrons. The van der Waals surface area contributed by atoms with Gasteiger partial charge < -0.3 is 9.80 Å². The summed E-state index contributed by atoms with van der Waals surface area (Å²) in [5, 5.41) is 1.20. The van der Waals surface area contributed by atoms with Crippen molar-refractivity contribution in [3.05, 3.63) is 29.3 Å². The lowest BCUT2D eigenvalue weighted by molar-refractivity contribution is -0.135. The largest absolute Gasteiger partial charge is 0.348 e. The second-order valence-corrected chi connectivity index (χ2v) is 9.60. The van der Waals surface area contributed by atoms with E-state index in [4.69, 9.17) is 4.98 Å². The lowest BCUT2D eigenvalue weighted by Crippen LogP contribution is -2.53. The van der Waals surface area contributed by atoms with Gasteiger partial charge >= 0.3 is 0 Å². The Hall–Kier alpha value is -2.03. The van der Waals surface area contributed by atoms with Crippen molar-refractivity contribution < 1.29 is 9.59 Å². The van der Waals surface area contributed by atoms with Crippen molar-refractivity contribution in [3.8, 4) is 0 Å². The van der Waals surface area contributed by atoms with E-state index < -0.39 is 0 Å². The molecule has 1 aromatic heterocycles. The molecule has 0 spiro atoms. The molecule has 3 heterocycles. The van der Waals surface area contributed by atoms with Gasteiger partial charge in [-0.05, 0) is 31.5 Å². The Labute approximate surface area is 182 Å². The average molecular weight is 430 g/mol. The maximum Gasteiger partial charge on any atom is 0.236 e. The first-order valence-corrected chi connectivity index (χ1v) is 11.6. The molecular weight excluding hydrogens is 398 g/mol. The molecule has 2 aliphatic rings. The third-order valence-corrected chi connectivity index (χ3v) is 7.31. The van der Waals surface area contributed by atoms with E-state index in [0.717, 1.165) is 44.5 Å². The standard InChI is InChI=1S/C22H31N5O2S/c1-24(2)20(28)15-25-10-12-27(13-11-25)21(29)16-26-9-5-6-17(14-26)22-23-18-7-3-4-8-19(18)30-22/h3-4,7-8,17H,5-6,9-16H2,1-2H3/t17-/m1/s1. The predicted octanol–water partition coefficient (Wildman–Crippen LogP) is 1.71. The summed E-state index contributed by atoms with van der Waals surface area (Å²) < 4.78 is 1.24. The molecule has 1 atom stereocenters. The van der Waals surface area contributed by atoms with Crippen LogP contribution >= 0.6 is 11.3 Å². The number of likely N-dealkylation sites (N-methyl/N-ethyl adjacent to an activating group) is 1. The van der Waals surface area contributed by atoms with Crippen molar-refractivity contribution in [1.82, 2.24) is 24.6 Å². The monoisotopic (exact) mass is 429 g/mol. The van der Waals surface area contributed by atoms with Crippen molar-refractivity contribution in [2.45, 2.75) is 18.8 Å². The van der Waals surface area contributed by atoms with Crippen LogP contribution in [-0.2, 0) is 9.59 Å². The minimum Gasteiger partial charge on any atom is -0.348 e. The number of aromatic nitrogens is 1. The summed E-state index contributed by atoms with van der Waals surface area (Å²) in [6, 6.07) is 8.30. The van der Waals surface area contributed by atoms with E-state index in [-0.39, 0.29) is 11.8 Å². The number of benzene rings is 1. The first-order valence-electron chi connectivity index (χ1n) is 10.8. The normalized spacial score (nSPS) is 21.1. The summed E-state index contributed by atoms with van der Waals surface area (Å²) in [5.41, 5.74) is 1.08. The van der Waals surface area contributed by atoms with Crippen LogP contribution in [0.2, 0.25) is 0 Å². The maximum absolute atomic E-state index is 12.9. The summed E-state index contributed by atoms with van der Waals surface area (Å²) >= 11 is 1.79. The summed E-state index contributed by atoms with van der Waals surface area (Å²) in [6.45, 7) is 5.74. The van der Waals surface area contributed by atoms with Gasteiger partial charge in [0, 0.05) is 52.7 Å². The molecule has 4 rings (SSSR count). The molecule has 0 unspecified atom stereocenters. The quantitative estimate of drug-likeness (QED) is 0.724. The minimum absolute atomic E-state index is 0.115. The van der Waals surface area contributed by atoms with Gasteiger partial charge in [0.2, 0.25) is 11.8 Å². The van der Waals surface area contributed by atoms with Gasteiger partial charge in [-0.25, -0.2) is 4.98 Å². The number of carbonyl (C=O) groups excluding carboxylic acids is 2. The molecule has 0 saturated carbocycles. The molecule has 1 aromatic carbocycles. The molecule has 7 nitrogen and oxygen atoms in total. The molecule has 8 heteroatoms. The Morgan fingerprint density at radius 3 is 2.57 bits per heavy atom. The van der Waals surface area contributed by atoms with Crippen LogP contribution in [0.25, 0.3) is 10.2 Å². The third-order valence-electron chi connectivity index (χ3n) is 6.11. The SMILES string of the molecule is CN(C)C(=O)CN1CCN(C(=O)CN2CCC[C@@H](c3nc4ccccc4s3)C2)CC1. The number of para-hydroxylation sites is 1. The molecule has 162 valence electrons. The van der Waals surface area contributed by atoms with Crippen LogP contribution < -0.4 is 0 Å². The van der Waals surface area contributed by atoms with E-state index in [1.54, 1.807) is 30.3 Å². The van der Waals surface area contributed by atoms with E-state index in [1.165, 1.54) is 9.71 Å². The fraction of sp³-hybridized carbons (Fsp3) is 0.591. The summed E-state index contributed by atoms with van der Waals surface area (Å²) in [7, 11) is 3.56. The number of piperidine rings is 1. The third kappa shape index (κ3) is 4.99. The molecule has 2 saturated heterocycles. The molecule has 2 fully saturated rings. The topological polar surface area (TPSA) is 60.0 Å². The number of thiazole rings is 1. The summed E-state index contributed by atoms with van der Waals surface area (Å²) in [4.78, 5) is 37.6. The lowest BCUT2D eigenvalue weighted by Gasteiger charge is -2.37. The van der Waals surface area contributed by atoms with E-state index >= 15 is 0 Å². The number of nitrogens with zero attached hydrogens (tertiary/aromatic N) is 5. The Balaban J connectivity index is 1.28. The smallest absolute Gasteiger partial charge is 0.236 e. The Morgan fingerprint density at radius 2 is 1.83 bits per heavy atom. The van der Waals surface area contributed by atoms with Gasteiger partial charge in [0.1, 0.15) is 0 Å². The highest BCUT2D eigenvalue weighted by molar-refractivity contribution is 7.18. The van der Waals surface area contributed by atoms with Gasteiger partial charge in [-0.1, -0.05) is 12.1 Å². The number of rotatable bonds is 5. The van der Waals surface area contributed by atoms with Gasteiger partial charge in [0.25, 0.3) is 0 Å². The summed E-state index contributed by atoms with van der Waals surface area (Å²) in [5.74, 6) is 0.736. The fourth-order valence-electron chi connectivity index (χ4n) is 4.24. The minimum atomic E-state index is 0.115. The number of piperazine rings is 1. The zero-order valence-corrected chi connectivity index (χ0v) is 18.7. The number of amides is 2. The highest BCUT2D eigenvalue weighted by atomic mass is 32.1. The highest BCUT2D eigenvalue weighted by Gasteiger charge is 2.28. The predicted molar refractivity (Wildman–Crippen MR) is 120 cm³/mol. The first-order chi connectivity index (χ1) is 14.5. The number of fused-ring (bicyclic) bond motifs is 1. The number of hydrogen-bond donors (Lipinski definition) is 0. The van der Waals surface area contributed by atoms with Gasteiger partial charge in [0.05, 0.1) is 28.3 Å². The number of likely N-dealkylation sites (tertiary alicyclic amines) is 1. The second-order valence-electron chi connectivity index (χ2n) is 8.54. The molecule has 2 aromatic rings. The van der Waals surface area contributed by atoms with Gasteiger partial charge in [-0.3, -0.25) is 19.4 Å². The van der Waals surface area contributed by atoms with Crippen molar-refractivity contribution in [2.75, 3.05) is 66.5 Å². The van der Waals surface area contributed by atoms with Crippen molar-refractivity contribution in [3.63, 3.8) is 0 Å². The van der Waals surface area contributed by atoms with Crippen LogP contribution in [-0.4, -0.2) is 103 Å². The molecule has 0 aliphatic carbocycles. The van der Waals surface area contributed by atoms with Crippen LogP contribution in [0.3, 0.4) is 0 Å². The van der Waals surface area contributed by atoms with Crippen molar-refractivity contribution in [1.29, 1.82) is 0 Å². The Bertz CT molecular complexity index is 858. The van der Waals surface area contributed by atoms with Crippen molar-refractivity contribution >= 4 is 33.4 Å². The second kappa shape index (κ2) is 9.41. The fourth-order valence-corrected chi connectivity index (χ4v) is 5.34. The highest BCUT2D eigenvalue weighted by Crippen LogP contribution is 2.32. The van der Waals surface area contributed by atoms with E-state index in [9.17, 15) is 9.59 Å². The lowest BCUT2D eigenvalue weighted by atomic mass is 9.98. The van der Waals surface area contributed by atoms with E-state index in [0.29, 0.717) is 32.1 Å². The maximum atomic E-state index is 12.9. The zero-order chi connectivity index (χ0) is 21.1. The van der Waals surface area contributed by atoms with Crippen molar-refractivity contribution in [2.24, 2.45) is 0 Å². The van der Waals surface area contributed by atoms with Crippen LogP contribution in [0, 0.1) is 0 Å². The number of carbonyl (C=O) groups is 2. The molecule has 2 amide bonds. The number of hydrogen-bond acceptors (Lipinski definition) is 6. The Kier molecular flexibility index (Phi) is 6.65. The molecule has 30 heavy (non-hydrogen) atoms.